The van der Waals surface area contributed by atoms with Gasteiger partial charge in [0.15, 0.2) is 0 Å². The summed E-state index contributed by atoms with van der Waals surface area (Å²) in [6.07, 6.45) is -1.14. The number of aromatic nitrogens is 1. The van der Waals surface area contributed by atoms with Crippen LogP contribution in [0.5, 0.6) is 0 Å². The molecule has 1 atom stereocenters. The number of carbonyl (C=O) groups is 3. The molecule has 0 spiro atoms. The zero-order valence-corrected chi connectivity index (χ0v) is 17.6. The van der Waals surface area contributed by atoms with E-state index in [0.29, 0.717) is 37.1 Å². The average Bonchev–Trinajstić information content (AvgIpc) is 3.27. The van der Waals surface area contributed by atoms with Crippen LogP contribution in [-0.4, -0.2) is 58.7 Å². The smallest absolute Gasteiger partial charge is 0.475 e. The standard InChI is InChI=1S/C20H21FN2O3.C2HF3O2/c1-26-20(25)18-7-4-12-23(18)19(24)11-9-14-8-10-17(22-13-14)15-5-2-3-6-16(15)21;3-2(4,5)1(6)7/h2-3,5-6,8,10,13,18H,4,7,9,11-12H2,1H3;(H,6,7). The summed E-state index contributed by atoms with van der Waals surface area (Å²) in [5.74, 6) is -3.49. The number of hydrogen-bond acceptors (Lipinski definition) is 5. The van der Waals surface area contributed by atoms with E-state index < -0.39 is 18.2 Å². The normalized spacial score (nSPS) is 15.4. The number of likely N-dealkylation sites (tertiary alicyclic amines) is 1. The highest BCUT2D eigenvalue weighted by molar-refractivity contribution is 5.85. The van der Waals surface area contributed by atoms with Gasteiger partial charge in [-0.2, -0.15) is 13.2 Å². The summed E-state index contributed by atoms with van der Waals surface area (Å²) in [7, 11) is 1.34. The Kier molecular flexibility index (Phi) is 8.89. The van der Waals surface area contributed by atoms with Crippen LogP contribution in [0, 0.1) is 5.82 Å². The van der Waals surface area contributed by atoms with Gasteiger partial charge in [-0.05, 0) is 43.0 Å². The molecule has 1 aliphatic rings. The fourth-order valence-electron chi connectivity index (χ4n) is 3.24. The maximum absolute atomic E-state index is 13.8. The Bertz CT molecular complexity index is 979. The molecule has 178 valence electrons. The van der Waals surface area contributed by atoms with Crippen molar-refractivity contribution >= 4 is 17.8 Å². The van der Waals surface area contributed by atoms with Crippen molar-refractivity contribution < 1.29 is 41.8 Å². The maximum Gasteiger partial charge on any atom is 0.490 e. The zero-order valence-electron chi connectivity index (χ0n) is 17.6. The minimum Gasteiger partial charge on any atom is -0.475 e. The quantitative estimate of drug-likeness (QED) is 0.530. The molecule has 1 fully saturated rings. The van der Waals surface area contributed by atoms with E-state index in [1.54, 1.807) is 35.4 Å². The van der Waals surface area contributed by atoms with Crippen LogP contribution < -0.4 is 0 Å². The predicted octanol–water partition coefficient (Wildman–Crippen LogP) is 3.62. The second-order valence-corrected chi connectivity index (χ2v) is 7.10. The van der Waals surface area contributed by atoms with Gasteiger partial charge in [0, 0.05) is 24.7 Å². The first kappa shape index (κ1) is 25.8. The molecule has 1 aliphatic heterocycles. The lowest BCUT2D eigenvalue weighted by Gasteiger charge is -2.22. The third kappa shape index (κ3) is 7.26. The van der Waals surface area contributed by atoms with E-state index in [1.807, 2.05) is 6.07 Å². The molecule has 1 amide bonds. The van der Waals surface area contributed by atoms with Crippen molar-refractivity contribution in [2.45, 2.75) is 37.9 Å². The third-order valence-electron chi connectivity index (χ3n) is 4.89. The molecular weight excluding hydrogens is 448 g/mol. The van der Waals surface area contributed by atoms with Crippen molar-refractivity contribution in [3.8, 4) is 11.3 Å². The lowest BCUT2D eigenvalue weighted by Crippen LogP contribution is -2.41. The summed E-state index contributed by atoms with van der Waals surface area (Å²) in [6.45, 7) is 0.586. The molecule has 3 rings (SSSR count). The Morgan fingerprint density at radius 1 is 1.18 bits per heavy atom. The summed E-state index contributed by atoms with van der Waals surface area (Å²) < 4.78 is 50.3. The number of aryl methyl sites for hydroxylation is 1. The third-order valence-corrected chi connectivity index (χ3v) is 4.89. The summed E-state index contributed by atoms with van der Waals surface area (Å²) in [6, 6.07) is 9.63. The Labute approximate surface area is 187 Å². The van der Waals surface area contributed by atoms with E-state index in [9.17, 15) is 27.2 Å². The maximum atomic E-state index is 13.8. The van der Waals surface area contributed by atoms with Gasteiger partial charge >= 0.3 is 18.1 Å². The second-order valence-electron chi connectivity index (χ2n) is 7.10. The van der Waals surface area contributed by atoms with Gasteiger partial charge < -0.3 is 14.7 Å². The number of amides is 1. The van der Waals surface area contributed by atoms with E-state index in [2.05, 4.69) is 4.98 Å². The molecule has 2 heterocycles. The number of alkyl halides is 3. The Balaban J connectivity index is 0.000000479. The van der Waals surface area contributed by atoms with Gasteiger partial charge in [-0.25, -0.2) is 14.0 Å². The number of ether oxygens (including phenoxy) is 1. The molecule has 0 radical (unpaired) electrons. The fraction of sp³-hybridized carbons (Fsp3) is 0.364. The van der Waals surface area contributed by atoms with Gasteiger partial charge in [-0.15, -0.1) is 0 Å². The van der Waals surface area contributed by atoms with Crippen LogP contribution in [0.3, 0.4) is 0 Å². The zero-order chi connectivity index (χ0) is 24.6. The molecule has 33 heavy (non-hydrogen) atoms. The highest BCUT2D eigenvalue weighted by Gasteiger charge is 2.38. The van der Waals surface area contributed by atoms with Gasteiger partial charge in [0.05, 0.1) is 12.8 Å². The topological polar surface area (TPSA) is 96.8 Å². The van der Waals surface area contributed by atoms with Gasteiger partial charge in [0.1, 0.15) is 11.9 Å². The lowest BCUT2D eigenvalue weighted by molar-refractivity contribution is -0.192. The molecular formula is C22H22F4N2O5. The van der Waals surface area contributed by atoms with Crippen LogP contribution in [0.1, 0.15) is 24.8 Å². The number of pyridine rings is 1. The van der Waals surface area contributed by atoms with Crippen LogP contribution in [0.15, 0.2) is 42.6 Å². The monoisotopic (exact) mass is 470 g/mol. The first-order valence-corrected chi connectivity index (χ1v) is 9.91. The second kappa shape index (κ2) is 11.4. The number of carbonyl (C=O) groups excluding carboxylic acids is 2. The van der Waals surface area contributed by atoms with Crippen molar-refractivity contribution in [3.63, 3.8) is 0 Å². The number of benzene rings is 1. The number of rotatable bonds is 5. The molecule has 11 heteroatoms. The number of methoxy groups -OCH3 is 1. The van der Waals surface area contributed by atoms with Gasteiger partial charge in [0.25, 0.3) is 0 Å². The van der Waals surface area contributed by atoms with Crippen molar-refractivity contribution in [1.29, 1.82) is 0 Å². The average molecular weight is 470 g/mol. The molecule has 1 saturated heterocycles. The van der Waals surface area contributed by atoms with E-state index in [0.717, 1.165) is 12.0 Å². The number of halogens is 4. The van der Waals surface area contributed by atoms with E-state index in [1.165, 1.54) is 13.2 Å². The molecule has 1 aromatic heterocycles. The Hall–Kier alpha value is -3.50. The van der Waals surface area contributed by atoms with Crippen LogP contribution in [0.4, 0.5) is 17.6 Å². The van der Waals surface area contributed by atoms with Gasteiger partial charge in [0.2, 0.25) is 5.91 Å². The summed E-state index contributed by atoms with van der Waals surface area (Å²) >= 11 is 0. The van der Waals surface area contributed by atoms with Crippen LogP contribution in [0.2, 0.25) is 0 Å². The largest absolute Gasteiger partial charge is 0.490 e. The van der Waals surface area contributed by atoms with Crippen LogP contribution in [0.25, 0.3) is 11.3 Å². The van der Waals surface area contributed by atoms with E-state index in [-0.39, 0.29) is 17.7 Å². The Morgan fingerprint density at radius 2 is 1.85 bits per heavy atom. The number of carboxylic acids is 1. The van der Waals surface area contributed by atoms with Crippen molar-refractivity contribution in [1.82, 2.24) is 9.88 Å². The fourth-order valence-corrected chi connectivity index (χ4v) is 3.24. The summed E-state index contributed by atoms with van der Waals surface area (Å²) in [5.41, 5.74) is 1.91. The molecule has 0 bridgehead atoms. The first-order valence-electron chi connectivity index (χ1n) is 9.91. The van der Waals surface area contributed by atoms with Crippen molar-refractivity contribution in [2.75, 3.05) is 13.7 Å². The molecule has 0 aliphatic carbocycles. The number of nitrogens with zero attached hydrogens (tertiary/aromatic N) is 2. The van der Waals surface area contributed by atoms with E-state index >= 15 is 0 Å². The summed E-state index contributed by atoms with van der Waals surface area (Å²) in [5, 5.41) is 7.12. The Morgan fingerprint density at radius 3 is 2.39 bits per heavy atom. The molecule has 0 saturated carbocycles. The SMILES string of the molecule is COC(=O)C1CCCN1C(=O)CCc1ccc(-c2ccccc2F)nc1.O=C(O)C(F)(F)F. The van der Waals surface area contributed by atoms with E-state index in [4.69, 9.17) is 14.6 Å². The molecule has 1 unspecified atom stereocenters. The molecule has 2 aromatic rings. The number of hydrogen-bond donors (Lipinski definition) is 1. The van der Waals surface area contributed by atoms with Crippen molar-refractivity contribution in [3.05, 3.63) is 54.0 Å². The first-order chi connectivity index (χ1) is 15.5. The molecule has 1 aromatic carbocycles. The summed E-state index contributed by atoms with van der Waals surface area (Å²) in [4.78, 5) is 39.0. The van der Waals surface area contributed by atoms with Crippen LogP contribution >= 0.6 is 0 Å². The molecule has 7 nitrogen and oxygen atoms in total. The minimum atomic E-state index is -5.08. The van der Waals surface area contributed by atoms with Crippen molar-refractivity contribution in [2.24, 2.45) is 0 Å². The van der Waals surface area contributed by atoms with Gasteiger partial charge in [-0.1, -0.05) is 18.2 Å². The minimum absolute atomic E-state index is 0.0592. The number of esters is 1. The lowest BCUT2D eigenvalue weighted by atomic mass is 10.1. The number of carboxylic acid groups (broad SMARTS) is 1. The highest BCUT2D eigenvalue weighted by atomic mass is 19.4. The highest BCUT2D eigenvalue weighted by Crippen LogP contribution is 2.22. The number of aliphatic carboxylic acids is 1. The van der Waals surface area contributed by atoms with Gasteiger partial charge in [-0.3, -0.25) is 9.78 Å². The van der Waals surface area contributed by atoms with Crippen LogP contribution in [-0.2, 0) is 25.5 Å². The predicted molar refractivity (Wildman–Crippen MR) is 108 cm³/mol. The molecule has 1 N–H and O–H groups in total.